The highest BCUT2D eigenvalue weighted by Gasteiger charge is 2.32. The van der Waals surface area contributed by atoms with Crippen molar-refractivity contribution in [2.24, 2.45) is 5.92 Å². The molecule has 1 heterocycles. The van der Waals surface area contributed by atoms with Gasteiger partial charge in [-0.3, -0.25) is 4.79 Å². The highest BCUT2D eigenvalue weighted by atomic mass is 16.5. The van der Waals surface area contributed by atoms with Crippen molar-refractivity contribution in [3.8, 4) is 5.75 Å². The van der Waals surface area contributed by atoms with Crippen LogP contribution in [0, 0.1) is 12.8 Å². The molecular formula is C24H31NO4. The van der Waals surface area contributed by atoms with Crippen molar-refractivity contribution in [1.82, 2.24) is 4.98 Å². The first-order chi connectivity index (χ1) is 14.0. The molecule has 0 amide bonds. The third kappa shape index (κ3) is 4.55. The van der Waals surface area contributed by atoms with Crippen LogP contribution in [0.4, 0.5) is 0 Å². The first-order valence-electron chi connectivity index (χ1n) is 10.6. The lowest BCUT2D eigenvalue weighted by Crippen LogP contribution is -2.18. The summed E-state index contributed by atoms with van der Waals surface area (Å²) in [7, 11) is 0. The van der Waals surface area contributed by atoms with Crippen molar-refractivity contribution < 1.29 is 19.1 Å². The maximum Gasteiger partial charge on any atom is 0.355 e. The number of carbonyl (C=O) groups excluding carboxylic acids is 2. The summed E-state index contributed by atoms with van der Waals surface area (Å²) in [6.07, 6.45) is 3.11. The molecule has 1 aromatic heterocycles. The van der Waals surface area contributed by atoms with Gasteiger partial charge in [0.25, 0.3) is 0 Å². The average Bonchev–Trinajstić information content (AvgIpc) is 3.06. The summed E-state index contributed by atoms with van der Waals surface area (Å²) in [4.78, 5) is 28.7. The molecule has 0 unspecified atom stereocenters. The number of hydrogen-bond acceptors (Lipinski definition) is 4. The van der Waals surface area contributed by atoms with Gasteiger partial charge in [0.1, 0.15) is 11.4 Å². The number of hydrogen-bond donors (Lipinski definition) is 1. The van der Waals surface area contributed by atoms with E-state index in [0.717, 1.165) is 29.8 Å². The van der Waals surface area contributed by atoms with Crippen LogP contribution in [0.3, 0.4) is 0 Å². The summed E-state index contributed by atoms with van der Waals surface area (Å²) in [6.45, 7) is 9.02. The van der Waals surface area contributed by atoms with Crippen LogP contribution >= 0.6 is 0 Å². The van der Waals surface area contributed by atoms with Gasteiger partial charge in [-0.15, -0.1) is 0 Å². The molecule has 1 aliphatic carbocycles. The third-order valence-corrected chi connectivity index (χ3v) is 5.96. The lowest BCUT2D eigenvalue weighted by Gasteiger charge is -2.22. The average molecular weight is 398 g/mol. The third-order valence-electron chi connectivity index (χ3n) is 5.96. The molecule has 2 aromatic rings. The van der Waals surface area contributed by atoms with Crippen molar-refractivity contribution in [2.45, 2.75) is 59.3 Å². The van der Waals surface area contributed by atoms with Gasteiger partial charge in [0.05, 0.1) is 13.2 Å². The number of benzene rings is 1. The lowest BCUT2D eigenvalue weighted by atomic mass is 9.81. The van der Waals surface area contributed by atoms with E-state index in [0.29, 0.717) is 48.8 Å². The van der Waals surface area contributed by atoms with E-state index in [9.17, 15) is 9.59 Å². The largest absolute Gasteiger partial charge is 0.494 e. The van der Waals surface area contributed by atoms with Crippen LogP contribution in [0.5, 0.6) is 5.75 Å². The Kier molecular flexibility index (Phi) is 6.78. The van der Waals surface area contributed by atoms with Crippen LogP contribution in [0.15, 0.2) is 24.3 Å². The summed E-state index contributed by atoms with van der Waals surface area (Å²) in [5, 5.41) is 0. The van der Waals surface area contributed by atoms with Gasteiger partial charge in [-0.1, -0.05) is 38.8 Å². The van der Waals surface area contributed by atoms with Crippen molar-refractivity contribution in [1.29, 1.82) is 0 Å². The number of nitrogens with one attached hydrogen (secondary N) is 1. The predicted molar refractivity (Wildman–Crippen MR) is 113 cm³/mol. The van der Waals surface area contributed by atoms with E-state index in [1.54, 1.807) is 0 Å². The van der Waals surface area contributed by atoms with Gasteiger partial charge in [-0.25, -0.2) is 4.79 Å². The molecule has 5 heteroatoms. The maximum atomic E-state index is 12.9. The molecule has 5 nitrogen and oxygen atoms in total. The molecule has 29 heavy (non-hydrogen) atoms. The van der Waals surface area contributed by atoms with E-state index in [1.807, 2.05) is 38.1 Å². The standard InChI is InChI=1S/C24H31NO4/c1-5-16(6-2)14-29-24(27)23-15(4)22-20(25-23)12-18(13-21(22)26)17-8-10-19(11-9-17)28-7-3/h8-11,16,18,25H,5-7,12-14H2,1-4H3/t18-/m1/s1. The second kappa shape index (κ2) is 9.29. The molecule has 3 rings (SSSR count). The highest BCUT2D eigenvalue weighted by molar-refractivity contribution is 6.03. The number of rotatable bonds is 8. The minimum absolute atomic E-state index is 0.0814. The van der Waals surface area contributed by atoms with E-state index in [1.165, 1.54) is 0 Å². The van der Waals surface area contributed by atoms with Gasteiger partial charge >= 0.3 is 5.97 Å². The normalized spacial score (nSPS) is 16.0. The molecule has 0 saturated heterocycles. The van der Waals surface area contributed by atoms with Gasteiger partial charge in [-0.2, -0.15) is 0 Å². The zero-order chi connectivity index (χ0) is 21.0. The van der Waals surface area contributed by atoms with Crippen LogP contribution in [-0.2, 0) is 11.2 Å². The Hall–Kier alpha value is -2.56. The molecule has 1 aromatic carbocycles. The minimum Gasteiger partial charge on any atom is -0.494 e. The van der Waals surface area contributed by atoms with Crippen LogP contribution in [0.2, 0.25) is 0 Å². The summed E-state index contributed by atoms with van der Waals surface area (Å²) in [6, 6.07) is 7.93. The Bertz CT molecular complexity index is 862. The maximum absolute atomic E-state index is 12.9. The monoisotopic (exact) mass is 397 g/mol. The van der Waals surface area contributed by atoms with Gasteiger partial charge in [0, 0.05) is 17.7 Å². The fourth-order valence-electron chi connectivity index (χ4n) is 4.07. The second-order valence-corrected chi connectivity index (χ2v) is 7.79. The Morgan fingerprint density at radius 3 is 2.45 bits per heavy atom. The van der Waals surface area contributed by atoms with E-state index < -0.39 is 0 Å². The molecule has 1 N–H and O–H groups in total. The molecule has 0 saturated carbocycles. The van der Waals surface area contributed by atoms with E-state index in [4.69, 9.17) is 9.47 Å². The quantitative estimate of drug-likeness (QED) is 0.620. The van der Waals surface area contributed by atoms with Gasteiger partial charge in [0.2, 0.25) is 0 Å². The number of Topliss-reactive ketones (excluding diaryl/α,β-unsaturated/α-hetero) is 1. The predicted octanol–water partition coefficient (Wildman–Crippen LogP) is 5.23. The number of aromatic nitrogens is 1. The molecule has 1 aliphatic rings. The summed E-state index contributed by atoms with van der Waals surface area (Å²) >= 11 is 0. The SMILES string of the molecule is CCOc1ccc([C@H]2CC(=O)c3c([nH]c(C(=O)OCC(CC)CC)c3C)C2)cc1. The molecular weight excluding hydrogens is 366 g/mol. The number of carbonyl (C=O) groups is 2. The molecule has 0 aliphatic heterocycles. The number of aromatic amines is 1. The van der Waals surface area contributed by atoms with Gasteiger partial charge in [-0.05, 0) is 55.4 Å². The molecule has 156 valence electrons. The number of esters is 1. The van der Waals surface area contributed by atoms with E-state index in [2.05, 4.69) is 18.8 Å². The van der Waals surface area contributed by atoms with Crippen molar-refractivity contribution in [3.63, 3.8) is 0 Å². The Balaban J connectivity index is 1.77. The smallest absolute Gasteiger partial charge is 0.355 e. The fourth-order valence-corrected chi connectivity index (χ4v) is 4.07. The first-order valence-corrected chi connectivity index (χ1v) is 10.6. The summed E-state index contributed by atoms with van der Waals surface area (Å²) in [5.74, 6) is 1.01. The van der Waals surface area contributed by atoms with Crippen LogP contribution in [0.1, 0.15) is 83.6 Å². The van der Waals surface area contributed by atoms with Crippen LogP contribution in [-0.4, -0.2) is 30.0 Å². The zero-order valence-corrected chi connectivity index (χ0v) is 17.8. The molecule has 0 radical (unpaired) electrons. The molecule has 0 fully saturated rings. The van der Waals surface area contributed by atoms with Crippen molar-refractivity contribution >= 4 is 11.8 Å². The van der Waals surface area contributed by atoms with Gasteiger partial charge < -0.3 is 14.5 Å². The lowest BCUT2D eigenvalue weighted by molar-refractivity contribution is 0.0426. The number of fused-ring (bicyclic) bond motifs is 1. The minimum atomic E-state index is -0.366. The van der Waals surface area contributed by atoms with Gasteiger partial charge in [0.15, 0.2) is 5.78 Å². The first kappa shape index (κ1) is 21.2. The highest BCUT2D eigenvalue weighted by Crippen LogP contribution is 2.35. The van der Waals surface area contributed by atoms with E-state index >= 15 is 0 Å². The second-order valence-electron chi connectivity index (χ2n) is 7.79. The Labute approximate surface area is 172 Å². The topological polar surface area (TPSA) is 68.4 Å². The zero-order valence-electron chi connectivity index (χ0n) is 17.8. The van der Waals surface area contributed by atoms with Crippen molar-refractivity contribution in [3.05, 3.63) is 52.3 Å². The van der Waals surface area contributed by atoms with Crippen molar-refractivity contribution in [2.75, 3.05) is 13.2 Å². The number of H-pyrrole nitrogens is 1. The fraction of sp³-hybridized carbons (Fsp3) is 0.500. The number of ketones is 1. The van der Waals surface area contributed by atoms with E-state index in [-0.39, 0.29) is 17.7 Å². The summed E-state index contributed by atoms with van der Waals surface area (Å²) in [5.41, 5.74) is 3.75. The Morgan fingerprint density at radius 2 is 1.83 bits per heavy atom. The van der Waals surface area contributed by atoms with Crippen LogP contribution in [0.25, 0.3) is 0 Å². The number of ether oxygens (including phenoxy) is 2. The van der Waals surface area contributed by atoms with Crippen LogP contribution < -0.4 is 4.74 Å². The molecule has 0 bridgehead atoms. The molecule has 1 atom stereocenters. The summed E-state index contributed by atoms with van der Waals surface area (Å²) < 4.78 is 11.0. The Morgan fingerprint density at radius 1 is 1.14 bits per heavy atom. The molecule has 0 spiro atoms.